The summed E-state index contributed by atoms with van der Waals surface area (Å²) in [6.45, 7) is 4.48. The fourth-order valence-corrected chi connectivity index (χ4v) is 1.80. The van der Waals surface area contributed by atoms with Gasteiger partial charge in [0.15, 0.2) is 0 Å². The number of carbonyl (C=O) groups is 1. The SMILES string of the molecule is Cn1ccnc1[C@](O)(CCNC(=O)OC(C)(C)C)C(F)(F)F. The molecule has 2 N–H and O–H groups in total. The van der Waals surface area contributed by atoms with E-state index in [1.54, 1.807) is 20.8 Å². The van der Waals surface area contributed by atoms with Crippen LogP contribution in [0.1, 0.15) is 33.0 Å². The molecule has 0 saturated carbocycles. The molecule has 1 aromatic rings. The summed E-state index contributed by atoms with van der Waals surface area (Å²) >= 11 is 0. The second kappa shape index (κ2) is 6.15. The number of hydrogen-bond donors (Lipinski definition) is 2. The minimum absolute atomic E-state index is 0.419. The molecule has 0 radical (unpaired) electrons. The van der Waals surface area contributed by atoms with Gasteiger partial charge in [0.1, 0.15) is 11.4 Å². The second-order valence-electron chi connectivity index (χ2n) is 5.90. The molecular weight excluding hydrogens is 303 g/mol. The summed E-state index contributed by atoms with van der Waals surface area (Å²) in [7, 11) is 1.35. The Morgan fingerprint density at radius 1 is 1.41 bits per heavy atom. The predicted octanol–water partition coefficient (Wildman–Crippen LogP) is 2.08. The molecule has 1 aromatic heterocycles. The van der Waals surface area contributed by atoms with Crippen LogP contribution >= 0.6 is 0 Å². The van der Waals surface area contributed by atoms with E-state index in [4.69, 9.17) is 4.74 Å². The highest BCUT2D eigenvalue weighted by atomic mass is 19.4. The number of aliphatic hydroxyl groups is 1. The van der Waals surface area contributed by atoms with Crippen molar-refractivity contribution in [3.8, 4) is 0 Å². The van der Waals surface area contributed by atoms with Gasteiger partial charge >= 0.3 is 12.3 Å². The van der Waals surface area contributed by atoms with E-state index in [1.165, 1.54) is 13.2 Å². The predicted molar refractivity (Wildman–Crippen MR) is 72.0 cm³/mol. The highest BCUT2D eigenvalue weighted by molar-refractivity contribution is 5.67. The minimum Gasteiger partial charge on any atom is -0.444 e. The normalized spacial score (nSPS) is 15.3. The number of aromatic nitrogens is 2. The van der Waals surface area contributed by atoms with Crippen LogP contribution < -0.4 is 5.32 Å². The van der Waals surface area contributed by atoms with Gasteiger partial charge in [-0.25, -0.2) is 9.78 Å². The Kier molecular flexibility index (Phi) is 5.11. The maximum absolute atomic E-state index is 13.2. The van der Waals surface area contributed by atoms with Crippen LogP contribution in [-0.2, 0) is 17.4 Å². The Morgan fingerprint density at radius 2 is 2.00 bits per heavy atom. The Balaban J connectivity index is 2.77. The van der Waals surface area contributed by atoms with Crippen molar-refractivity contribution < 1.29 is 27.8 Å². The molecular formula is C13H20F3N3O3. The lowest BCUT2D eigenvalue weighted by molar-refractivity contribution is -0.272. The van der Waals surface area contributed by atoms with Crippen molar-refractivity contribution in [2.24, 2.45) is 7.05 Å². The van der Waals surface area contributed by atoms with E-state index in [-0.39, 0.29) is 0 Å². The maximum Gasteiger partial charge on any atom is 0.424 e. The summed E-state index contributed by atoms with van der Waals surface area (Å²) in [5.74, 6) is -0.536. The van der Waals surface area contributed by atoms with Crippen LogP contribution in [0.2, 0.25) is 0 Å². The molecule has 1 amide bonds. The summed E-state index contributed by atoms with van der Waals surface area (Å²) in [4.78, 5) is 15.0. The third-order valence-electron chi connectivity index (χ3n) is 2.82. The number of halogens is 3. The van der Waals surface area contributed by atoms with Gasteiger partial charge in [0, 0.05) is 32.4 Å². The number of carbonyl (C=O) groups excluding carboxylic acids is 1. The number of rotatable bonds is 4. The maximum atomic E-state index is 13.2. The molecule has 0 spiro atoms. The summed E-state index contributed by atoms with van der Waals surface area (Å²) in [6.07, 6.45) is -4.10. The first-order chi connectivity index (χ1) is 9.87. The summed E-state index contributed by atoms with van der Waals surface area (Å²) < 4.78 is 45.6. The van der Waals surface area contributed by atoms with Crippen molar-refractivity contribution in [3.05, 3.63) is 18.2 Å². The van der Waals surface area contributed by atoms with E-state index >= 15 is 0 Å². The van der Waals surface area contributed by atoms with Crippen LogP contribution in [0.3, 0.4) is 0 Å². The molecule has 22 heavy (non-hydrogen) atoms. The number of nitrogens with one attached hydrogen (secondary N) is 1. The largest absolute Gasteiger partial charge is 0.444 e. The average molecular weight is 323 g/mol. The van der Waals surface area contributed by atoms with Crippen molar-refractivity contribution in [2.75, 3.05) is 6.54 Å². The zero-order valence-corrected chi connectivity index (χ0v) is 12.9. The van der Waals surface area contributed by atoms with Crippen LogP contribution in [0, 0.1) is 0 Å². The Morgan fingerprint density at radius 3 is 2.41 bits per heavy atom. The van der Waals surface area contributed by atoms with E-state index in [2.05, 4.69) is 10.3 Å². The lowest BCUT2D eigenvalue weighted by Gasteiger charge is -2.30. The smallest absolute Gasteiger partial charge is 0.424 e. The summed E-state index contributed by atoms with van der Waals surface area (Å²) in [5.41, 5.74) is -3.91. The van der Waals surface area contributed by atoms with Crippen molar-refractivity contribution in [1.29, 1.82) is 0 Å². The van der Waals surface area contributed by atoms with Crippen LogP contribution in [0.15, 0.2) is 12.4 Å². The Labute approximate surface area is 126 Å². The number of ether oxygens (including phenoxy) is 1. The fraction of sp³-hybridized carbons (Fsp3) is 0.692. The number of imidazole rings is 1. The monoisotopic (exact) mass is 323 g/mol. The Bertz CT molecular complexity index is 523. The molecule has 126 valence electrons. The average Bonchev–Trinajstić information content (AvgIpc) is 2.71. The molecule has 0 aromatic carbocycles. The second-order valence-corrected chi connectivity index (χ2v) is 5.90. The first-order valence-electron chi connectivity index (χ1n) is 6.60. The number of hydrogen-bond acceptors (Lipinski definition) is 4. The van der Waals surface area contributed by atoms with E-state index < -0.39 is 42.3 Å². The quantitative estimate of drug-likeness (QED) is 0.889. The third kappa shape index (κ3) is 4.36. The van der Waals surface area contributed by atoms with Gasteiger partial charge in [0.25, 0.3) is 0 Å². The molecule has 6 nitrogen and oxygen atoms in total. The molecule has 0 fully saturated rings. The topological polar surface area (TPSA) is 76.4 Å². The van der Waals surface area contributed by atoms with E-state index in [0.717, 1.165) is 10.8 Å². The van der Waals surface area contributed by atoms with Gasteiger partial charge < -0.3 is 19.7 Å². The fourth-order valence-electron chi connectivity index (χ4n) is 1.80. The number of aryl methyl sites for hydroxylation is 1. The van der Waals surface area contributed by atoms with Gasteiger partial charge in [-0.15, -0.1) is 0 Å². The lowest BCUT2D eigenvalue weighted by atomic mass is 9.97. The van der Waals surface area contributed by atoms with Gasteiger partial charge in [-0.2, -0.15) is 13.2 Å². The minimum atomic E-state index is -4.93. The molecule has 0 bridgehead atoms. The number of alkyl carbamates (subject to hydrolysis) is 1. The molecule has 0 saturated heterocycles. The molecule has 1 rings (SSSR count). The zero-order chi connectivity index (χ0) is 17.2. The van der Waals surface area contributed by atoms with Crippen LogP contribution in [-0.4, -0.2) is 39.1 Å². The first kappa shape index (κ1) is 18.3. The van der Waals surface area contributed by atoms with E-state index in [9.17, 15) is 23.1 Å². The van der Waals surface area contributed by atoms with E-state index in [0.29, 0.717) is 0 Å². The van der Waals surface area contributed by atoms with Gasteiger partial charge in [-0.05, 0) is 20.8 Å². The van der Waals surface area contributed by atoms with Crippen LogP contribution in [0.4, 0.5) is 18.0 Å². The van der Waals surface area contributed by atoms with Gasteiger partial charge in [0.05, 0.1) is 0 Å². The lowest BCUT2D eigenvalue weighted by Crippen LogP contribution is -2.47. The Hall–Kier alpha value is -1.77. The summed E-state index contributed by atoms with van der Waals surface area (Å²) in [5, 5.41) is 12.2. The van der Waals surface area contributed by atoms with Gasteiger partial charge in [-0.3, -0.25) is 0 Å². The molecule has 0 aliphatic rings. The third-order valence-corrected chi connectivity index (χ3v) is 2.82. The van der Waals surface area contributed by atoms with Crippen LogP contribution in [0.25, 0.3) is 0 Å². The number of nitrogens with zero attached hydrogens (tertiary/aromatic N) is 2. The molecule has 1 atom stereocenters. The molecule has 0 aliphatic heterocycles. The van der Waals surface area contributed by atoms with Crippen LogP contribution in [0.5, 0.6) is 0 Å². The molecule has 0 unspecified atom stereocenters. The van der Waals surface area contributed by atoms with Gasteiger partial charge in [-0.1, -0.05) is 0 Å². The molecule has 9 heteroatoms. The summed E-state index contributed by atoms with van der Waals surface area (Å²) in [6, 6.07) is 0. The van der Waals surface area contributed by atoms with E-state index in [1.807, 2.05) is 0 Å². The van der Waals surface area contributed by atoms with Crippen molar-refractivity contribution >= 4 is 6.09 Å². The molecule has 1 heterocycles. The highest BCUT2D eigenvalue weighted by Crippen LogP contribution is 2.40. The van der Waals surface area contributed by atoms with Crippen molar-refractivity contribution in [3.63, 3.8) is 0 Å². The standard InChI is InChI=1S/C13H20F3N3O3/c1-11(2,3)22-10(20)18-6-5-12(21,13(14,15)16)9-17-7-8-19(9)4/h7-8,21H,5-6H2,1-4H3,(H,18,20)/t12-/m1/s1. The van der Waals surface area contributed by atoms with Gasteiger partial charge in [0.2, 0.25) is 5.60 Å². The number of alkyl halides is 3. The van der Waals surface area contributed by atoms with Crippen molar-refractivity contribution in [1.82, 2.24) is 14.9 Å². The zero-order valence-electron chi connectivity index (χ0n) is 12.9. The number of amides is 1. The first-order valence-corrected chi connectivity index (χ1v) is 6.60. The highest BCUT2D eigenvalue weighted by Gasteiger charge is 2.57. The molecule has 0 aliphatic carbocycles. The van der Waals surface area contributed by atoms with Crippen molar-refractivity contribution in [2.45, 2.75) is 44.6 Å².